The number of nitrogens with one attached hydrogen (secondary N) is 2. The minimum atomic E-state index is -0.313. The highest BCUT2D eigenvalue weighted by Crippen LogP contribution is 2.21. The molecule has 0 aliphatic rings. The summed E-state index contributed by atoms with van der Waals surface area (Å²) in [5, 5.41) is 5.30. The molecular weight excluding hydrogens is 336 g/mol. The SMILES string of the molecule is C=CCNC(=O)Nc1cccc(Oc2ncc(Br)cn2)c1. The van der Waals surface area contributed by atoms with E-state index in [1.807, 2.05) is 0 Å². The second-order valence-electron chi connectivity index (χ2n) is 3.94. The maximum absolute atomic E-state index is 11.5. The van der Waals surface area contributed by atoms with Crippen LogP contribution in [-0.2, 0) is 0 Å². The second-order valence-corrected chi connectivity index (χ2v) is 4.85. The molecule has 2 amide bonds. The van der Waals surface area contributed by atoms with Gasteiger partial charge in [0.05, 0.1) is 4.47 Å². The Morgan fingerprint density at radius 2 is 2.14 bits per heavy atom. The summed E-state index contributed by atoms with van der Waals surface area (Å²) < 4.78 is 6.27. The molecule has 1 heterocycles. The van der Waals surface area contributed by atoms with Crippen molar-refractivity contribution >= 4 is 27.6 Å². The summed E-state index contributed by atoms with van der Waals surface area (Å²) in [4.78, 5) is 19.6. The number of hydrogen-bond donors (Lipinski definition) is 2. The standard InChI is InChI=1S/C14H13BrN4O2/c1-2-6-16-13(20)19-11-4-3-5-12(7-11)21-14-17-8-10(15)9-18-14/h2-5,7-9H,1,6H2,(H2,16,19,20). The van der Waals surface area contributed by atoms with Crippen molar-refractivity contribution in [2.24, 2.45) is 0 Å². The van der Waals surface area contributed by atoms with E-state index < -0.39 is 0 Å². The van der Waals surface area contributed by atoms with Crippen LogP contribution in [0.5, 0.6) is 11.8 Å². The number of ether oxygens (including phenoxy) is 1. The van der Waals surface area contributed by atoms with Gasteiger partial charge in [-0.3, -0.25) is 0 Å². The van der Waals surface area contributed by atoms with Crippen molar-refractivity contribution < 1.29 is 9.53 Å². The summed E-state index contributed by atoms with van der Waals surface area (Å²) in [6, 6.07) is 6.86. The Bertz CT molecular complexity index is 631. The Hall–Kier alpha value is -2.41. The maximum Gasteiger partial charge on any atom is 0.321 e. The number of nitrogens with zero attached hydrogens (tertiary/aromatic N) is 2. The third kappa shape index (κ3) is 4.88. The fourth-order valence-corrected chi connectivity index (χ4v) is 1.64. The lowest BCUT2D eigenvalue weighted by atomic mass is 10.3. The first-order valence-corrected chi connectivity index (χ1v) is 6.88. The molecule has 2 rings (SSSR count). The molecule has 1 aromatic heterocycles. The van der Waals surface area contributed by atoms with Gasteiger partial charge in [0.15, 0.2) is 0 Å². The lowest BCUT2D eigenvalue weighted by Gasteiger charge is -2.08. The number of amides is 2. The van der Waals surface area contributed by atoms with Crippen LogP contribution in [0.4, 0.5) is 10.5 Å². The molecule has 0 spiro atoms. The molecule has 0 fully saturated rings. The van der Waals surface area contributed by atoms with Crippen LogP contribution in [-0.4, -0.2) is 22.5 Å². The van der Waals surface area contributed by atoms with E-state index in [0.29, 0.717) is 18.0 Å². The smallest absolute Gasteiger partial charge is 0.321 e. The molecule has 0 radical (unpaired) electrons. The predicted molar refractivity (Wildman–Crippen MR) is 83.5 cm³/mol. The molecule has 6 nitrogen and oxygen atoms in total. The molecule has 0 unspecified atom stereocenters. The average molecular weight is 349 g/mol. The topological polar surface area (TPSA) is 76.1 Å². The lowest BCUT2D eigenvalue weighted by Crippen LogP contribution is -2.28. The Morgan fingerprint density at radius 3 is 2.86 bits per heavy atom. The Kier molecular flexibility index (Phi) is 5.28. The van der Waals surface area contributed by atoms with Gasteiger partial charge in [0.25, 0.3) is 0 Å². The van der Waals surface area contributed by atoms with Crippen LogP contribution in [0.15, 0.2) is 53.8 Å². The van der Waals surface area contributed by atoms with E-state index in [9.17, 15) is 4.79 Å². The van der Waals surface area contributed by atoms with Gasteiger partial charge in [-0.15, -0.1) is 6.58 Å². The van der Waals surface area contributed by atoms with Crippen molar-refractivity contribution in [1.29, 1.82) is 0 Å². The van der Waals surface area contributed by atoms with Gasteiger partial charge in [-0.25, -0.2) is 14.8 Å². The molecule has 0 aliphatic carbocycles. The van der Waals surface area contributed by atoms with Crippen LogP contribution in [0, 0.1) is 0 Å². The summed E-state index contributed by atoms with van der Waals surface area (Å²) in [5.41, 5.74) is 0.603. The number of benzene rings is 1. The Morgan fingerprint density at radius 1 is 1.38 bits per heavy atom. The van der Waals surface area contributed by atoms with E-state index in [4.69, 9.17) is 4.74 Å². The van der Waals surface area contributed by atoms with Crippen LogP contribution < -0.4 is 15.4 Å². The predicted octanol–water partition coefficient (Wildman–Crippen LogP) is 3.34. The van der Waals surface area contributed by atoms with Crippen LogP contribution in [0.3, 0.4) is 0 Å². The van der Waals surface area contributed by atoms with E-state index in [-0.39, 0.29) is 12.0 Å². The quantitative estimate of drug-likeness (QED) is 0.812. The molecule has 0 aliphatic heterocycles. The minimum absolute atomic E-state index is 0.228. The minimum Gasteiger partial charge on any atom is -0.424 e. The third-order valence-electron chi connectivity index (χ3n) is 2.30. The maximum atomic E-state index is 11.5. The van der Waals surface area contributed by atoms with Crippen LogP contribution in [0.25, 0.3) is 0 Å². The van der Waals surface area contributed by atoms with Gasteiger partial charge in [-0.1, -0.05) is 12.1 Å². The number of carbonyl (C=O) groups is 1. The van der Waals surface area contributed by atoms with Crippen molar-refractivity contribution in [3.8, 4) is 11.8 Å². The second kappa shape index (κ2) is 7.39. The zero-order chi connectivity index (χ0) is 15.1. The molecule has 0 bridgehead atoms. The Balaban J connectivity index is 2.01. The highest BCUT2D eigenvalue weighted by Gasteiger charge is 2.04. The highest BCUT2D eigenvalue weighted by atomic mass is 79.9. The van der Waals surface area contributed by atoms with E-state index in [1.165, 1.54) is 0 Å². The summed E-state index contributed by atoms with van der Waals surface area (Å²) in [5.74, 6) is 0.527. The first-order valence-electron chi connectivity index (χ1n) is 6.08. The van der Waals surface area contributed by atoms with E-state index in [1.54, 1.807) is 42.7 Å². The molecule has 0 atom stereocenters. The summed E-state index contributed by atoms with van der Waals surface area (Å²) in [6.45, 7) is 3.92. The van der Waals surface area contributed by atoms with Crippen LogP contribution >= 0.6 is 15.9 Å². The van der Waals surface area contributed by atoms with Crippen molar-refractivity contribution in [2.45, 2.75) is 0 Å². The van der Waals surface area contributed by atoms with Gasteiger partial charge in [0.1, 0.15) is 5.75 Å². The normalized spacial score (nSPS) is 9.76. The van der Waals surface area contributed by atoms with Crippen LogP contribution in [0.1, 0.15) is 0 Å². The van der Waals surface area contributed by atoms with E-state index >= 15 is 0 Å². The fourth-order valence-electron chi connectivity index (χ4n) is 1.44. The zero-order valence-electron chi connectivity index (χ0n) is 11.0. The molecular formula is C14H13BrN4O2. The van der Waals surface area contributed by atoms with Gasteiger partial charge in [-0.2, -0.15) is 0 Å². The third-order valence-corrected chi connectivity index (χ3v) is 2.71. The molecule has 21 heavy (non-hydrogen) atoms. The van der Waals surface area contributed by atoms with Gasteiger partial charge in [0.2, 0.25) is 0 Å². The number of rotatable bonds is 5. The fraction of sp³-hybridized carbons (Fsp3) is 0.0714. The largest absolute Gasteiger partial charge is 0.424 e. The van der Waals surface area contributed by atoms with E-state index in [2.05, 4.69) is 43.1 Å². The molecule has 7 heteroatoms. The molecule has 0 saturated carbocycles. The number of carbonyl (C=O) groups excluding carboxylic acids is 1. The number of halogens is 1. The van der Waals surface area contributed by atoms with Gasteiger partial charge < -0.3 is 15.4 Å². The summed E-state index contributed by atoms with van der Waals surface area (Å²) in [6.07, 6.45) is 4.78. The lowest BCUT2D eigenvalue weighted by molar-refractivity contribution is 0.253. The number of hydrogen-bond acceptors (Lipinski definition) is 4. The number of anilines is 1. The van der Waals surface area contributed by atoms with Crippen LogP contribution in [0.2, 0.25) is 0 Å². The first kappa shape index (κ1) is 15.0. The van der Waals surface area contributed by atoms with Crippen molar-refractivity contribution in [1.82, 2.24) is 15.3 Å². The van der Waals surface area contributed by atoms with E-state index in [0.717, 1.165) is 4.47 Å². The highest BCUT2D eigenvalue weighted by molar-refractivity contribution is 9.10. The molecule has 108 valence electrons. The van der Waals surface area contributed by atoms with Gasteiger partial charge >= 0.3 is 12.0 Å². The monoisotopic (exact) mass is 348 g/mol. The molecule has 0 saturated heterocycles. The number of aromatic nitrogens is 2. The zero-order valence-corrected chi connectivity index (χ0v) is 12.6. The van der Waals surface area contributed by atoms with Crippen molar-refractivity contribution in [3.63, 3.8) is 0 Å². The molecule has 1 aromatic carbocycles. The summed E-state index contributed by atoms with van der Waals surface area (Å²) in [7, 11) is 0. The average Bonchev–Trinajstić information content (AvgIpc) is 2.48. The molecule has 2 N–H and O–H groups in total. The van der Waals surface area contributed by atoms with Crippen molar-refractivity contribution in [2.75, 3.05) is 11.9 Å². The Labute approximate surface area is 130 Å². The number of urea groups is 1. The van der Waals surface area contributed by atoms with Gasteiger partial charge in [0, 0.05) is 30.7 Å². The first-order chi connectivity index (χ1) is 10.2. The van der Waals surface area contributed by atoms with Crippen molar-refractivity contribution in [3.05, 3.63) is 53.8 Å². The molecule has 2 aromatic rings. The summed E-state index contributed by atoms with van der Waals surface area (Å²) >= 11 is 3.25. The van der Waals surface area contributed by atoms with Gasteiger partial charge in [-0.05, 0) is 28.1 Å².